The molecule has 0 saturated carbocycles. The number of rotatable bonds is 8. The lowest BCUT2D eigenvalue weighted by Gasteiger charge is -2.38. The van der Waals surface area contributed by atoms with E-state index in [0.29, 0.717) is 19.6 Å². The van der Waals surface area contributed by atoms with Gasteiger partial charge in [-0.2, -0.15) is 0 Å². The highest BCUT2D eigenvalue weighted by Crippen LogP contribution is 2.33. The predicted molar refractivity (Wildman–Crippen MR) is 136 cm³/mol. The van der Waals surface area contributed by atoms with Crippen LogP contribution >= 0.6 is 0 Å². The van der Waals surface area contributed by atoms with Gasteiger partial charge in [0.2, 0.25) is 0 Å². The van der Waals surface area contributed by atoms with Gasteiger partial charge < -0.3 is 19.3 Å². The molecule has 0 spiro atoms. The maximum absolute atomic E-state index is 13.0. The smallest absolute Gasteiger partial charge is 0.410 e. The zero-order chi connectivity index (χ0) is 24.5. The fraction of sp³-hybridized carbons (Fsp3) is 0.500. The molecule has 7 nitrogen and oxygen atoms in total. The van der Waals surface area contributed by atoms with Crippen LogP contribution in [-0.4, -0.2) is 67.7 Å². The first-order valence-electron chi connectivity index (χ1n) is 12.8. The molecule has 35 heavy (non-hydrogen) atoms. The monoisotopic (exact) mass is 479 g/mol. The van der Waals surface area contributed by atoms with E-state index in [1.165, 1.54) is 11.3 Å². The maximum atomic E-state index is 13.0. The van der Waals surface area contributed by atoms with Gasteiger partial charge in [-0.25, -0.2) is 4.79 Å². The quantitative estimate of drug-likeness (QED) is 0.515. The summed E-state index contributed by atoms with van der Waals surface area (Å²) in [5.41, 5.74) is 3.36. The zero-order valence-electron chi connectivity index (χ0n) is 20.7. The number of esters is 1. The van der Waals surface area contributed by atoms with Gasteiger partial charge in [-0.1, -0.05) is 42.5 Å². The SMILES string of the molecule is CCOC(=O)CCN1CCN(c2cccc(C3CCCCN3C(=O)OCc3ccccc3)c2)CC1. The first kappa shape index (κ1) is 25.0. The van der Waals surface area contributed by atoms with Crippen molar-refractivity contribution in [3.8, 4) is 0 Å². The highest BCUT2D eigenvalue weighted by Gasteiger charge is 2.29. The molecule has 1 amide bonds. The first-order valence-corrected chi connectivity index (χ1v) is 12.8. The van der Waals surface area contributed by atoms with E-state index in [-0.39, 0.29) is 18.1 Å². The lowest BCUT2D eigenvalue weighted by Crippen LogP contribution is -2.47. The summed E-state index contributed by atoms with van der Waals surface area (Å²) in [5, 5.41) is 0. The molecule has 0 aliphatic carbocycles. The predicted octanol–water partition coefficient (Wildman–Crippen LogP) is 4.63. The number of ether oxygens (including phenoxy) is 2. The van der Waals surface area contributed by atoms with Gasteiger partial charge in [0, 0.05) is 45.0 Å². The maximum Gasteiger partial charge on any atom is 0.410 e. The molecule has 2 aromatic carbocycles. The zero-order valence-corrected chi connectivity index (χ0v) is 20.7. The van der Waals surface area contributed by atoms with Crippen LogP contribution in [0.3, 0.4) is 0 Å². The van der Waals surface area contributed by atoms with Crippen molar-refractivity contribution in [2.24, 2.45) is 0 Å². The lowest BCUT2D eigenvalue weighted by atomic mass is 9.95. The van der Waals surface area contributed by atoms with Gasteiger partial charge in [0.1, 0.15) is 6.61 Å². The van der Waals surface area contributed by atoms with Gasteiger partial charge in [-0.15, -0.1) is 0 Å². The Labute approximate surface area is 208 Å². The van der Waals surface area contributed by atoms with Crippen molar-refractivity contribution in [3.63, 3.8) is 0 Å². The van der Waals surface area contributed by atoms with Crippen molar-refractivity contribution < 1.29 is 19.1 Å². The van der Waals surface area contributed by atoms with Crippen LogP contribution in [0.5, 0.6) is 0 Å². The molecule has 2 aromatic rings. The van der Waals surface area contributed by atoms with Crippen LogP contribution in [0.4, 0.5) is 10.5 Å². The third-order valence-corrected chi connectivity index (χ3v) is 6.87. The molecule has 4 rings (SSSR count). The highest BCUT2D eigenvalue weighted by atomic mass is 16.6. The van der Waals surface area contributed by atoms with Gasteiger partial charge >= 0.3 is 12.1 Å². The number of carbonyl (C=O) groups excluding carboxylic acids is 2. The Bertz CT molecular complexity index is 960. The number of hydrogen-bond donors (Lipinski definition) is 0. The van der Waals surface area contributed by atoms with E-state index in [4.69, 9.17) is 9.47 Å². The molecule has 2 aliphatic heterocycles. The third kappa shape index (κ3) is 6.98. The van der Waals surface area contributed by atoms with Gasteiger partial charge in [0.15, 0.2) is 0 Å². The normalized spacial score (nSPS) is 18.8. The van der Waals surface area contributed by atoms with Crippen LogP contribution in [0.15, 0.2) is 54.6 Å². The van der Waals surface area contributed by atoms with Gasteiger partial charge in [-0.05, 0) is 49.4 Å². The molecule has 2 heterocycles. The number of amides is 1. The molecule has 2 fully saturated rings. The number of nitrogens with zero attached hydrogens (tertiary/aromatic N) is 3. The Morgan fingerprint density at radius 3 is 2.49 bits per heavy atom. The molecule has 0 aromatic heterocycles. The lowest BCUT2D eigenvalue weighted by molar-refractivity contribution is -0.143. The molecule has 2 aliphatic rings. The average Bonchev–Trinajstić information content (AvgIpc) is 2.92. The molecule has 1 unspecified atom stereocenters. The van der Waals surface area contributed by atoms with E-state index in [9.17, 15) is 9.59 Å². The Morgan fingerprint density at radius 2 is 1.71 bits per heavy atom. The van der Waals surface area contributed by atoms with Gasteiger partial charge in [0.05, 0.1) is 19.1 Å². The number of piperazine rings is 1. The molecule has 2 saturated heterocycles. The minimum absolute atomic E-state index is 0.0397. The van der Waals surface area contributed by atoms with Crippen LogP contribution in [0.25, 0.3) is 0 Å². The number of likely N-dealkylation sites (tertiary alicyclic amines) is 1. The van der Waals surface area contributed by atoms with E-state index >= 15 is 0 Å². The minimum Gasteiger partial charge on any atom is -0.466 e. The van der Waals surface area contributed by atoms with Crippen molar-refractivity contribution in [1.29, 1.82) is 0 Å². The van der Waals surface area contributed by atoms with Crippen LogP contribution in [0.1, 0.15) is 49.8 Å². The molecule has 7 heteroatoms. The standard InChI is InChI=1S/C28H37N3O4/c1-2-34-27(32)14-16-29-17-19-30(20-18-29)25-12-8-11-24(21-25)26-13-6-7-15-31(26)28(33)35-22-23-9-4-3-5-10-23/h3-5,8-12,21,26H,2,6-7,13-20,22H2,1H3. The third-order valence-electron chi connectivity index (χ3n) is 6.87. The topological polar surface area (TPSA) is 62.3 Å². The van der Waals surface area contributed by atoms with Gasteiger partial charge in [0.25, 0.3) is 0 Å². The van der Waals surface area contributed by atoms with E-state index in [1.54, 1.807) is 0 Å². The molecular formula is C28H37N3O4. The van der Waals surface area contributed by atoms with Crippen LogP contribution < -0.4 is 4.90 Å². The molecule has 1 atom stereocenters. The molecule has 188 valence electrons. The van der Waals surface area contributed by atoms with Gasteiger partial charge in [-0.3, -0.25) is 9.69 Å². The Morgan fingerprint density at radius 1 is 0.914 bits per heavy atom. The van der Waals surface area contributed by atoms with Crippen LogP contribution in [-0.2, 0) is 20.9 Å². The second-order valence-electron chi connectivity index (χ2n) is 9.22. The van der Waals surface area contributed by atoms with Crippen molar-refractivity contribution >= 4 is 17.7 Å². The summed E-state index contributed by atoms with van der Waals surface area (Å²) in [6.07, 6.45) is 3.27. The number of anilines is 1. The summed E-state index contributed by atoms with van der Waals surface area (Å²) < 4.78 is 10.7. The van der Waals surface area contributed by atoms with Crippen molar-refractivity contribution in [2.75, 3.05) is 50.8 Å². The summed E-state index contributed by atoms with van der Waals surface area (Å²) in [5.74, 6) is -0.123. The summed E-state index contributed by atoms with van der Waals surface area (Å²) in [6.45, 7) is 7.71. The molecule has 0 bridgehead atoms. The average molecular weight is 480 g/mol. The number of benzene rings is 2. The molecular weight excluding hydrogens is 442 g/mol. The summed E-state index contributed by atoms with van der Waals surface area (Å²) >= 11 is 0. The minimum atomic E-state index is -0.237. The number of piperidine rings is 1. The van der Waals surface area contributed by atoms with Crippen LogP contribution in [0.2, 0.25) is 0 Å². The first-order chi connectivity index (χ1) is 17.1. The Kier molecular flexibility index (Phi) is 9.01. The summed E-state index contributed by atoms with van der Waals surface area (Å²) in [4.78, 5) is 31.3. The highest BCUT2D eigenvalue weighted by molar-refractivity contribution is 5.69. The summed E-state index contributed by atoms with van der Waals surface area (Å²) in [6, 6.07) is 18.5. The number of hydrogen-bond acceptors (Lipinski definition) is 6. The van der Waals surface area contributed by atoms with Crippen molar-refractivity contribution in [3.05, 3.63) is 65.7 Å². The molecule has 0 radical (unpaired) electrons. The van der Waals surface area contributed by atoms with Crippen LogP contribution in [0, 0.1) is 0 Å². The van der Waals surface area contributed by atoms with Crippen molar-refractivity contribution in [2.45, 2.75) is 45.3 Å². The van der Waals surface area contributed by atoms with Crippen molar-refractivity contribution in [1.82, 2.24) is 9.80 Å². The second-order valence-corrected chi connectivity index (χ2v) is 9.22. The Balaban J connectivity index is 1.34. The number of carbonyl (C=O) groups is 2. The van der Waals surface area contributed by atoms with E-state index in [1.807, 2.05) is 42.2 Å². The summed E-state index contributed by atoms with van der Waals surface area (Å²) in [7, 11) is 0. The molecule has 0 N–H and O–H groups in total. The fourth-order valence-corrected chi connectivity index (χ4v) is 4.94. The largest absolute Gasteiger partial charge is 0.466 e. The van der Waals surface area contributed by atoms with E-state index in [0.717, 1.165) is 64.1 Å². The van der Waals surface area contributed by atoms with E-state index < -0.39 is 0 Å². The Hall–Kier alpha value is -3.06. The van der Waals surface area contributed by atoms with E-state index in [2.05, 4.69) is 34.1 Å². The second kappa shape index (κ2) is 12.6. The fourth-order valence-electron chi connectivity index (χ4n) is 4.94.